The number of thiocarbonyl (C=S) groups is 1. The molecule has 5 heteroatoms. The van der Waals surface area contributed by atoms with E-state index in [1.54, 1.807) is 0 Å². The molecule has 3 nitrogen and oxygen atoms in total. The number of aliphatic hydroxyl groups is 1. The van der Waals surface area contributed by atoms with Crippen LogP contribution in [0.25, 0.3) is 0 Å². The van der Waals surface area contributed by atoms with Crippen LogP contribution in [-0.4, -0.2) is 30.9 Å². The van der Waals surface area contributed by atoms with Crippen LogP contribution in [0.15, 0.2) is 0 Å². The summed E-state index contributed by atoms with van der Waals surface area (Å²) in [6.45, 7) is 15.0. The highest BCUT2D eigenvalue weighted by atomic mass is 32.1. The summed E-state index contributed by atoms with van der Waals surface area (Å²) < 4.78 is 12.1. The zero-order valence-corrected chi connectivity index (χ0v) is 20.4. The highest BCUT2D eigenvalue weighted by Crippen LogP contribution is 2.21. The summed E-state index contributed by atoms with van der Waals surface area (Å²) >= 11 is 4.53. The molecular formula is C21H46O3SSi. The Morgan fingerprint density at radius 1 is 0.808 bits per heavy atom. The molecule has 0 aromatic carbocycles. The van der Waals surface area contributed by atoms with E-state index in [0.717, 1.165) is 12.5 Å². The fraction of sp³-hybridized carbons (Fsp3) is 0.952. The molecule has 0 atom stereocenters. The Kier molecular flexibility index (Phi) is 20.0. The first-order valence-electron chi connectivity index (χ1n) is 10.7. The van der Waals surface area contributed by atoms with E-state index in [1.165, 1.54) is 51.4 Å². The van der Waals surface area contributed by atoms with Gasteiger partial charge in [0, 0.05) is 18.6 Å². The fourth-order valence-electron chi connectivity index (χ4n) is 2.90. The number of unbranched alkanes of at least 4 members (excludes halogenated alkanes) is 7. The van der Waals surface area contributed by atoms with Gasteiger partial charge in [-0.2, -0.15) is 0 Å². The van der Waals surface area contributed by atoms with Crippen LogP contribution in [0.2, 0.25) is 12.6 Å². The molecule has 0 amide bonds. The molecule has 0 aliphatic heterocycles. The summed E-state index contributed by atoms with van der Waals surface area (Å²) in [6.07, 6.45) is 12.5. The minimum absolute atomic E-state index is 0.163. The number of aliphatic hydroxyl groups excluding tert-OH is 1. The van der Waals surface area contributed by atoms with E-state index in [0.29, 0.717) is 6.42 Å². The molecule has 158 valence electrons. The van der Waals surface area contributed by atoms with Gasteiger partial charge in [0.05, 0.1) is 0 Å². The standard InChI is InChI=1S/C13H30O2Si.C8H16OS/c1-7-8-9-10-11-16(6,14-12(2)3)15-13(4)5;1-2-3-4-5-6-7-8(9)10/h12-13H,7-11H2,1-6H3;2-7H2,1H3,(H,9,10). The van der Waals surface area contributed by atoms with Crippen LogP contribution in [0.1, 0.15) is 106 Å². The van der Waals surface area contributed by atoms with E-state index in [-0.39, 0.29) is 17.3 Å². The molecule has 0 aromatic heterocycles. The van der Waals surface area contributed by atoms with Crippen LogP contribution in [0.4, 0.5) is 0 Å². The third kappa shape index (κ3) is 22.1. The predicted octanol–water partition coefficient (Wildman–Crippen LogP) is 7.72. The SMILES string of the molecule is CCCCCCCC(O)=S.CCCCCC[Si](C)(OC(C)C)OC(C)C. The zero-order valence-electron chi connectivity index (χ0n) is 18.6. The minimum atomic E-state index is -1.93. The van der Waals surface area contributed by atoms with Crippen LogP contribution < -0.4 is 0 Å². The number of hydrogen-bond donors (Lipinski definition) is 1. The Bertz CT molecular complexity index is 312. The molecule has 1 N–H and O–H groups in total. The lowest BCUT2D eigenvalue weighted by Gasteiger charge is -2.31. The van der Waals surface area contributed by atoms with Crippen molar-refractivity contribution in [1.29, 1.82) is 0 Å². The molecule has 0 fully saturated rings. The van der Waals surface area contributed by atoms with Gasteiger partial charge in [-0.25, -0.2) is 0 Å². The second kappa shape index (κ2) is 18.4. The molecule has 0 unspecified atom stereocenters. The summed E-state index contributed by atoms with van der Waals surface area (Å²) in [7, 11) is -1.93. The highest BCUT2D eigenvalue weighted by Gasteiger charge is 2.33. The van der Waals surface area contributed by atoms with Crippen molar-refractivity contribution < 1.29 is 14.0 Å². The summed E-state index contributed by atoms with van der Waals surface area (Å²) in [5.74, 6) is 0. The van der Waals surface area contributed by atoms with Crippen molar-refractivity contribution in [3.63, 3.8) is 0 Å². The van der Waals surface area contributed by atoms with Gasteiger partial charge in [-0.05, 0) is 58.9 Å². The van der Waals surface area contributed by atoms with Crippen molar-refractivity contribution >= 4 is 25.8 Å². The lowest BCUT2D eigenvalue weighted by atomic mass is 10.1. The molecule has 0 aliphatic carbocycles. The second-order valence-electron chi connectivity index (χ2n) is 7.84. The van der Waals surface area contributed by atoms with Crippen molar-refractivity contribution in [2.45, 2.75) is 131 Å². The Balaban J connectivity index is 0. The average Bonchev–Trinajstić information content (AvgIpc) is 2.50. The van der Waals surface area contributed by atoms with Crippen molar-refractivity contribution in [3.05, 3.63) is 0 Å². The van der Waals surface area contributed by atoms with E-state index in [4.69, 9.17) is 14.0 Å². The molecule has 0 saturated carbocycles. The van der Waals surface area contributed by atoms with Gasteiger partial charge in [0.2, 0.25) is 0 Å². The predicted molar refractivity (Wildman–Crippen MR) is 122 cm³/mol. The summed E-state index contributed by atoms with van der Waals surface area (Å²) in [6, 6.07) is 1.13. The maximum absolute atomic E-state index is 8.64. The molecule has 26 heavy (non-hydrogen) atoms. The average molecular weight is 407 g/mol. The molecule has 0 bridgehead atoms. The van der Waals surface area contributed by atoms with Crippen molar-refractivity contribution in [2.75, 3.05) is 0 Å². The van der Waals surface area contributed by atoms with E-state index in [2.05, 4.69) is 60.3 Å². The highest BCUT2D eigenvalue weighted by molar-refractivity contribution is 7.80. The third-order valence-electron chi connectivity index (χ3n) is 3.95. The Hall–Kier alpha value is 0.0269. The maximum atomic E-state index is 8.64. The van der Waals surface area contributed by atoms with E-state index in [1.807, 2.05) is 0 Å². The van der Waals surface area contributed by atoms with Gasteiger partial charge < -0.3 is 14.0 Å². The third-order valence-corrected chi connectivity index (χ3v) is 7.35. The van der Waals surface area contributed by atoms with Crippen LogP contribution >= 0.6 is 12.2 Å². The van der Waals surface area contributed by atoms with Gasteiger partial charge in [-0.15, -0.1) is 0 Å². The Morgan fingerprint density at radius 3 is 1.62 bits per heavy atom. The van der Waals surface area contributed by atoms with Crippen LogP contribution in [0, 0.1) is 0 Å². The number of hydrogen-bond acceptors (Lipinski definition) is 3. The van der Waals surface area contributed by atoms with Gasteiger partial charge in [-0.1, -0.05) is 65.2 Å². The molecule has 0 rings (SSSR count). The van der Waals surface area contributed by atoms with Crippen LogP contribution in [0.3, 0.4) is 0 Å². The molecule has 0 aromatic rings. The van der Waals surface area contributed by atoms with Crippen molar-refractivity contribution in [3.8, 4) is 0 Å². The first-order chi connectivity index (χ1) is 12.2. The van der Waals surface area contributed by atoms with E-state index < -0.39 is 8.56 Å². The number of rotatable bonds is 15. The largest absolute Gasteiger partial charge is 0.502 e. The van der Waals surface area contributed by atoms with Gasteiger partial charge in [-0.3, -0.25) is 0 Å². The Morgan fingerprint density at radius 2 is 1.23 bits per heavy atom. The molecule has 0 heterocycles. The first kappa shape index (κ1) is 28.2. The van der Waals surface area contributed by atoms with E-state index in [9.17, 15) is 0 Å². The first-order valence-corrected chi connectivity index (χ1v) is 13.7. The van der Waals surface area contributed by atoms with Gasteiger partial charge in [0.1, 0.15) is 0 Å². The van der Waals surface area contributed by atoms with Gasteiger partial charge >= 0.3 is 8.56 Å². The molecule has 0 radical (unpaired) electrons. The van der Waals surface area contributed by atoms with Gasteiger partial charge in [0.25, 0.3) is 0 Å². The van der Waals surface area contributed by atoms with Crippen molar-refractivity contribution in [2.24, 2.45) is 0 Å². The van der Waals surface area contributed by atoms with Crippen LogP contribution in [-0.2, 0) is 8.85 Å². The lowest BCUT2D eigenvalue weighted by molar-refractivity contribution is 0.109. The quantitative estimate of drug-likeness (QED) is 0.172. The summed E-state index contributed by atoms with van der Waals surface area (Å²) in [5, 5.41) is 8.80. The Labute approximate surface area is 170 Å². The van der Waals surface area contributed by atoms with E-state index >= 15 is 0 Å². The maximum Gasteiger partial charge on any atom is 0.335 e. The molecular weight excluding hydrogens is 360 g/mol. The second-order valence-corrected chi connectivity index (χ2v) is 11.5. The normalized spacial score (nSPS) is 11.6. The van der Waals surface area contributed by atoms with Crippen molar-refractivity contribution in [1.82, 2.24) is 0 Å². The summed E-state index contributed by atoms with van der Waals surface area (Å²) in [5.41, 5.74) is 0. The molecule has 0 aliphatic rings. The molecule has 0 saturated heterocycles. The monoisotopic (exact) mass is 406 g/mol. The van der Waals surface area contributed by atoms with Crippen LogP contribution in [0.5, 0.6) is 0 Å². The zero-order chi connectivity index (χ0) is 20.4. The smallest absolute Gasteiger partial charge is 0.335 e. The topological polar surface area (TPSA) is 38.7 Å². The summed E-state index contributed by atoms with van der Waals surface area (Å²) in [4.78, 5) is 0. The fourth-order valence-corrected chi connectivity index (χ4v) is 6.22. The lowest BCUT2D eigenvalue weighted by Crippen LogP contribution is -2.42. The van der Waals surface area contributed by atoms with Gasteiger partial charge in [0.15, 0.2) is 5.05 Å². The minimum Gasteiger partial charge on any atom is -0.502 e. The molecule has 0 spiro atoms.